The molecule has 0 amide bonds. The van der Waals surface area contributed by atoms with Crippen molar-refractivity contribution in [2.24, 2.45) is 5.73 Å². The van der Waals surface area contributed by atoms with Gasteiger partial charge in [0.25, 0.3) is 0 Å². The molecule has 4 rings (SSSR count). The molecule has 160 valence electrons. The molecule has 10 heteroatoms. The minimum atomic E-state index is -0.751. The Hall–Kier alpha value is -3.53. The molecule has 3 aromatic rings. The van der Waals surface area contributed by atoms with Crippen molar-refractivity contribution < 1.29 is 13.5 Å². The number of hydrogen-bond donors (Lipinski definition) is 2. The van der Waals surface area contributed by atoms with Gasteiger partial charge in [-0.25, -0.2) is 23.7 Å². The number of morpholine rings is 1. The second-order valence-electron chi connectivity index (χ2n) is 7.33. The number of halogens is 2. The summed E-state index contributed by atoms with van der Waals surface area (Å²) < 4.78 is 34.0. The molecule has 0 radical (unpaired) electrons. The minimum Gasteiger partial charge on any atom is -0.404 e. The second-order valence-corrected chi connectivity index (χ2v) is 7.33. The summed E-state index contributed by atoms with van der Waals surface area (Å²) in [4.78, 5) is 19.8. The van der Waals surface area contributed by atoms with E-state index in [9.17, 15) is 8.78 Å². The normalized spacial score (nSPS) is 19.6. The van der Waals surface area contributed by atoms with Gasteiger partial charge in [0.1, 0.15) is 28.9 Å². The average Bonchev–Trinajstić information content (AvgIpc) is 2.73. The zero-order valence-corrected chi connectivity index (χ0v) is 17.0. The van der Waals surface area contributed by atoms with E-state index in [1.807, 2.05) is 11.8 Å². The van der Waals surface area contributed by atoms with Crippen LogP contribution in [0, 0.1) is 24.0 Å². The molecule has 2 atom stereocenters. The van der Waals surface area contributed by atoms with Crippen LogP contribution in [-0.4, -0.2) is 51.4 Å². The zero-order chi connectivity index (χ0) is 22.1. The predicted octanol–water partition coefficient (Wildman–Crippen LogP) is 2.76. The molecule has 0 bridgehead atoms. The number of nitrogens with zero attached hydrogens (tertiary/aromatic N) is 5. The van der Waals surface area contributed by atoms with E-state index in [2.05, 4.69) is 19.9 Å². The lowest BCUT2D eigenvalue weighted by atomic mass is 10.1. The second kappa shape index (κ2) is 8.31. The summed E-state index contributed by atoms with van der Waals surface area (Å²) in [6.45, 7) is 4.49. The van der Waals surface area contributed by atoms with Crippen molar-refractivity contribution >= 4 is 23.3 Å². The van der Waals surface area contributed by atoms with Crippen molar-refractivity contribution in [1.82, 2.24) is 19.9 Å². The third-order valence-corrected chi connectivity index (χ3v) is 4.98. The molecule has 0 saturated carbocycles. The molecular formula is C21H21F2N7O. The Labute approximate surface area is 177 Å². The number of ether oxygens (including phenoxy) is 1. The van der Waals surface area contributed by atoms with Crippen LogP contribution in [0.4, 0.5) is 14.7 Å². The number of benzene rings is 1. The first-order valence-corrected chi connectivity index (χ1v) is 9.69. The van der Waals surface area contributed by atoms with Gasteiger partial charge in [0, 0.05) is 42.4 Å². The van der Waals surface area contributed by atoms with E-state index in [0.29, 0.717) is 41.5 Å². The van der Waals surface area contributed by atoms with Crippen LogP contribution >= 0.6 is 0 Å². The summed E-state index contributed by atoms with van der Waals surface area (Å²) in [5.74, 6) is -1.12. The molecule has 1 aliphatic heterocycles. The number of nitrogens with two attached hydrogens (primary N) is 1. The highest BCUT2D eigenvalue weighted by atomic mass is 19.1. The van der Waals surface area contributed by atoms with Crippen LogP contribution in [0.2, 0.25) is 0 Å². The Bertz CT molecular complexity index is 1180. The fourth-order valence-corrected chi connectivity index (χ4v) is 3.54. The van der Waals surface area contributed by atoms with Crippen molar-refractivity contribution in [2.75, 3.05) is 18.0 Å². The molecule has 3 N–H and O–H groups in total. The fourth-order valence-electron chi connectivity index (χ4n) is 3.54. The van der Waals surface area contributed by atoms with E-state index < -0.39 is 17.7 Å². The maximum atomic E-state index is 14.6. The highest BCUT2D eigenvalue weighted by Gasteiger charge is 2.30. The fraction of sp³-hybridized carbons (Fsp3) is 0.286. The van der Waals surface area contributed by atoms with Gasteiger partial charge < -0.3 is 20.8 Å². The topological polar surface area (TPSA) is 114 Å². The number of hydrogen-bond acceptors (Lipinski definition) is 8. The number of fused-ring (bicyclic) bond motifs is 1. The van der Waals surface area contributed by atoms with Gasteiger partial charge in [-0.05, 0) is 26.0 Å². The van der Waals surface area contributed by atoms with Crippen LogP contribution in [0.15, 0.2) is 36.2 Å². The van der Waals surface area contributed by atoms with Crippen LogP contribution < -0.4 is 10.6 Å². The van der Waals surface area contributed by atoms with E-state index >= 15 is 0 Å². The van der Waals surface area contributed by atoms with E-state index in [1.54, 1.807) is 13.1 Å². The van der Waals surface area contributed by atoms with Crippen LogP contribution in [0.1, 0.15) is 12.6 Å². The van der Waals surface area contributed by atoms with Gasteiger partial charge in [-0.1, -0.05) is 0 Å². The van der Waals surface area contributed by atoms with Crippen LogP contribution in [0.5, 0.6) is 0 Å². The average molecular weight is 425 g/mol. The molecule has 2 aromatic heterocycles. The van der Waals surface area contributed by atoms with Gasteiger partial charge in [0.2, 0.25) is 5.95 Å². The number of nitrogens with one attached hydrogen (secondary N) is 1. The van der Waals surface area contributed by atoms with Gasteiger partial charge >= 0.3 is 0 Å². The van der Waals surface area contributed by atoms with E-state index in [-0.39, 0.29) is 17.4 Å². The molecule has 0 aliphatic carbocycles. The predicted molar refractivity (Wildman–Crippen MR) is 113 cm³/mol. The van der Waals surface area contributed by atoms with Crippen LogP contribution in [-0.2, 0) is 4.74 Å². The van der Waals surface area contributed by atoms with E-state index in [0.717, 1.165) is 12.3 Å². The van der Waals surface area contributed by atoms with Gasteiger partial charge in [-0.15, -0.1) is 0 Å². The largest absolute Gasteiger partial charge is 0.404 e. The first-order chi connectivity index (χ1) is 14.9. The summed E-state index contributed by atoms with van der Waals surface area (Å²) in [5, 5.41) is 7.56. The number of rotatable bonds is 4. The molecule has 1 fully saturated rings. The molecule has 0 unspecified atom stereocenters. The lowest BCUT2D eigenvalue weighted by Crippen LogP contribution is -2.48. The minimum absolute atomic E-state index is 0.105. The van der Waals surface area contributed by atoms with Crippen LogP contribution in [0.3, 0.4) is 0 Å². The Morgan fingerprint density at radius 1 is 1.26 bits per heavy atom. The zero-order valence-electron chi connectivity index (χ0n) is 17.0. The molecule has 8 nitrogen and oxygen atoms in total. The number of anilines is 1. The summed E-state index contributed by atoms with van der Waals surface area (Å²) >= 11 is 0. The quantitative estimate of drug-likeness (QED) is 0.618. The maximum Gasteiger partial charge on any atom is 0.228 e. The van der Waals surface area contributed by atoms with Gasteiger partial charge in [-0.2, -0.15) is 4.98 Å². The SMILES string of the molecule is Cc1cnc2c(-c3ccc(F)cc3F)nc(N3C[C@@H](C)O[C@@H](/C(C=N)=C/N)C3)nc2n1. The maximum absolute atomic E-state index is 14.6. The van der Waals surface area contributed by atoms with Crippen LogP contribution in [0.25, 0.3) is 22.4 Å². The van der Waals surface area contributed by atoms with E-state index in [1.165, 1.54) is 18.3 Å². The Morgan fingerprint density at radius 3 is 2.77 bits per heavy atom. The Morgan fingerprint density at radius 2 is 2.06 bits per heavy atom. The summed E-state index contributed by atoms with van der Waals surface area (Å²) in [6, 6.07) is 3.30. The number of aromatic nitrogens is 4. The molecule has 1 aliphatic rings. The highest BCUT2D eigenvalue weighted by molar-refractivity contribution is 5.88. The number of aryl methyl sites for hydroxylation is 1. The summed E-state index contributed by atoms with van der Waals surface area (Å²) in [7, 11) is 0. The van der Waals surface area contributed by atoms with Gasteiger partial charge in [0.05, 0.1) is 18.3 Å². The summed E-state index contributed by atoms with van der Waals surface area (Å²) in [5.41, 5.74) is 7.76. The van der Waals surface area contributed by atoms with E-state index in [4.69, 9.17) is 15.9 Å². The molecule has 3 heterocycles. The van der Waals surface area contributed by atoms with Crippen molar-refractivity contribution in [3.8, 4) is 11.3 Å². The monoisotopic (exact) mass is 425 g/mol. The summed E-state index contributed by atoms with van der Waals surface area (Å²) in [6.07, 6.45) is 3.40. The molecule has 31 heavy (non-hydrogen) atoms. The van der Waals surface area contributed by atoms with Crippen molar-refractivity contribution in [3.63, 3.8) is 0 Å². The molecule has 1 saturated heterocycles. The first kappa shape index (κ1) is 20.7. The molecule has 0 spiro atoms. The van der Waals surface area contributed by atoms with Gasteiger partial charge in [0.15, 0.2) is 5.65 Å². The standard InChI is InChI=1S/C21H21F2N7O/c1-11-8-26-19-18(15-4-3-14(22)5-16(15)23)28-21(29-20(19)27-11)30-9-12(2)31-17(10-30)13(6-24)7-25/h3-8,12,17,24H,9-10,25H2,1-2H3/b13-7+,24-6?/t12-,17-/m1/s1. The third kappa shape index (κ3) is 4.06. The Kier molecular flexibility index (Phi) is 5.55. The molecular weight excluding hydrogens is 404 g/mol. The Balaban J connectivity index is 1.86. The van der Waals surface area contributed by atoms with Crippen molar-refractivity contribution in [2.45, 2.75) is 26.1 Å². The molecule has 1 aromatic carbocycles. The first-order valence-electron chi connectivity index (χ1n) is 9.69. The van der Waals surface area contributed by atoms with Gasteiger partial charge in [-0.3, -0.25) is 0 Å². The smallest absolute Gasteiger partial charge is 0.228 e. The van der Waals surface area contributed by atoms with Crippen molar-refractivity contribution in [1.29, 1.82) is 5.41 Å². The lowest BCUT2D eigenvalue weighted by molar-refractivity contribution is 0.00664. The third-order valence-electron chi connectivity index (χ3n) is 4.98. The highest BCUT2D eigenvalue weighted by Crippen LogP contribution is 2.30. The van der Waals surface area contributed by atoms with Crippen molar-refractivity contribution in [3.05, 3.63) is 53.5 Å². The lowest BCUT2D eigenvalue weighted by Gasteiger charge is -2.37.